The Bertz CT molecular complexity index is 756. The molecule has 1 aromatic carbocycles. The fourth-order valence-electron chi connectivity index (χ4n) is 3.21. The molecule has 0 amide bonds. The quantitative estimate of drug-likeness (QED) is 0.567. The number of aryl methyl sites for hydroxylation is 1. The van der Waals surface area contributed by atoms with Gasteiger partial charge in [0.15, 0.2) is 5.79 Å². The van der Waals surface area contributed by atoms with Crippen molar-refractivity contribution in [2.75, 3.05) is 19.8 Å². The van der Waals surface area contributed by atoms with Gasteiger partial charge in [-0.15, -0.1) is 0 Å². The maximum Gasteiger partial charge on any atom is 0.330 e. The van der Waals surface area contributed by atoms with E-state index in [9.17, 15) is 4.79 Å². The number of para-hydroxylation sites is 1. The largest absolute Gasteiger partial charge is 0.463 e. The predicted octanol–water partition coefficient (Wildman–Crippen LogP) is 3.76. The smallest absolute Gasteiger partial charge is 0.330 e. The molecule has 1 aliphatic heterocycles. The molecule has 0 saturated carbocycles. The second-order valence-electron chi connectivity index (χ2n) is 6.31. The molecule has 1 aromatic heterocycles. The van der Waals surface area contributed by atoms with Gasteiger partial charge in [-0.2, -0.15) is 0 Å². The highest BCUT2D eigenvalue weighted by atomic mass is 16.7. The standard InChI is InChI=1S/C20H25NO4/c1-3-23-19(22)10-9-16-15-21(18-8-5-4-7-17(16)18)12-6-11-20(2)24-13-14-25-20/h4-5,7-10,15H,3,6,11-14H2,1-2H3. The fraction of sp³-hybridized carbons (Fsp3) is 0.450. The molecule has 0 N–H and O–H groups in total. The van der Waals surface area contributed by atoms with Crippen LogP contribution in [-0.2, 0) is 25.5 Å². The van der Waals surface area contributed by atoms with Gasteiger partial charge in [-0.3, -0.25) is 0 Å². The van der Waals surface area contributed by atoms with E-state index < -0.39 is 5.79 Å². The Morgan fingerprint density at radius 3 is 2.84 bits per heavy atom. The van der Waals surface area contributed by atoms with Gasteiger partial charge in [0.2, 0.25) is 0 Å². The zero-order valence-corrected chi connectivity index (χ0v) is 14.9. The summed E-state index contributed by atoms with van der Waals surface area (Å²) < 4.78 is 18.5. The van der Waals surface area contributed by atoms with E-state index >= 15 is 0 Å². The van der Waals surface area contributed by atoms with Gasteiger partial charge in [0.05, 0.1) is 19.8 Å². The maximum atomic E-state index is 11.6. The summed E-state index contributed by atoms with van der Waals surface area (Å²) in [5, 5.41) is 1.13. The van der Waals surface area contributed by atoms with E-state index in [4.69, 9.17) is 14.2 Å². The van der Waals surface area contributed by atoms with E-state index in [1.807, 2.05) is 25.1 Å². The van der Waals surface area contributed by atoms with Gasteiger partial charge in [-0.25, -0.2) is 4.79 Å². The van der Waals surface area contributed by atoms with Crippen molar-refractivity contribution in [3.05, 3.63) is 42.1 Å². The number of hydrogen-bond donors (Lipinski definition) is 0. The van der Waals surface area contributed by atoms with Crippen LogP contribution >= 0.6 is 0 Å². The van der Waals surface area contributed by atoms with Gasteiger partial charge < -0.3 is 18.8 Å². The minimum atomic E-state index is -0.449. The van der Waals surface area contributed by atoms with Gasteiger partial charge in [-0.1, -0.05) is 18.2 Å². The Balaban J connectivity index is 1.73. The number of rotatable bonds is 7. The lowest BCUT2D eigenvalue weighted by Crippen LogP contribution is -2.25. The van der Waals surface area contributed by atoms with Crippen molar-refractivity contribution < 1.29 is 19.0 Å². The van der Waals surface area contributed by atoms with E-state index in [0.29, 0.717) is 19.8 Å². The second-order valence-corrected chi connectivity index (χ2v) is 6.31. The summed E-state index contributed by atoms with van der Waals surface area (Å²) in [6.45, 7) is 6.40. The van der Waals surface area contributed by atoms with Gasteiger partial charge in [0.1, 0.15) is 0 Å². The summed E-state index contributed by atoms with van der Waals surface area (Å²) in [7, 11) is 0. The van der Waals surface area contributed by atoms with Crippen LogP contribution in [0.15, 0.2) is 36.5 Å². The average molecular weight is 343 g/mol. The van der Waals surface area contributed by atoms with Crippen LogP contribution in [-0.4, -0.2) is 36.1 Å². The summed E-state index contributed by atoms with van der Waals surface area (Å²) in [4.78, 5) is 11.6. The molecule has 2 aromatic rings. The van der Waals surface area contributed by atoms with Crippen LogP contribution in [0.4, 0.5) is 0 Å². The minimum Gasteiger partial charge on any atom is -0.463 e. The first-order valence-corrected chi connectivity index (χ1v) is 8.82. The number of benzene rings is 1. The number of esters is 1. The molecule has 0 bridgehead atoms. The lowest BCUT2D eigenvalue weighted by Gasteiger charge is -2.22. The zero-order valence-electron chi connectivity index (χ0n) is 14.9. The van der Waals surface area contributed by atoms with Crippen LogP contribution in [0.1, 0.15) is 32.3 Å². The topological polar surface area (TPSA) is 49.7 Å². The summed E-state index contributed by atoms with van der Waals surface area (Å²) in [6.07, 6.45) is 7.20. The van der Waals surface area contributed by atoms with Crippen LogP contribution in [0, 0.1) is 0 Å². The summed E-state index contributed by atoms with van der Waals surface area (Å²) in [6, 6.07) is 8.21. The maximum absolute atomic E-state index is 11.6. The second kappa shape index (κ2) is 7.85. The zero-order chi connectivity index (χ0) is 17.7. The van der Waals surface area contributed by atoms with Crippen molar-refractivity contribution in [3.8, 4) is 0 Å². The van der Waals surface area contributed by atoms with Crippen molar-refractivity contribution in [2.24, 2.45) is 0 Å². The Morgan fingerprint density at radius 1 is 1.32 bits per heavy atom. The van der Waals surface area contributed by atoms with Crippen molar-refractivity contribution in [2.45, 2.75) is 39.0 Å². The molecule has 134 valence electrons. The van der Waals surface area contributed by atoms with Crippen LogP contribution < -0.4 is 0 Å². The van der Waals surface area contributed by atoms with E-state index in [1.54, 1.807) is 6.92 Å². The van der Waals surface area contributed by atoms with Gasteiger partial charge in [-0.05, 0) is 32.4 Å². The van der Waals surface area contributed by atoms with Crippen molar-refractivity contribution in [1.82, 2.24) is 4.57 Å². The molecule has 1 aliphatic rings. The number of carbonyl (C=O) groups is 1. The number of hydrogen-bond acceptors (Lipinski definition) is 4. The predicted molar refractivity (Wildman–Crippen MR) is 97.1 cm³/mol. The van der Waals surface area contributed by atoms with Crippen LogP contribution in [0.2, 0.25) is 0 Å². The first kappa shape index (κ1) is 17.7. The molecule has 0 spiro atoms. The number of carbonyl (C=O) groups excluding carboxylic acids is 1. The van der Waals surface area contributed by atoms with Gasteiger partial charge in [0.25, 0.3) is 0 Å². The number of nitrogens with zero attached hydrogens (tertiary/aromatic N) is 1. The molecule has 5 nitrogen and oxygen atoms in total. The lowest BCUT2D eigenvalue weighted by molar-refractivity contribution is -0.147. The number of fused-ring (bicyclic) bond motifs is 1. The molecule has 0 unspecified atom stereocenters. The summed E-state index contributed by atoms with van der Waals surface area (Å²) >= 11 is 0. The SMILES string of the molecule is CCOC(=O)C=Cc1cn(CCCC2(C)OCCO2)c2ccccc12. The molecule has 1 saturated heterocycles. The fourth-order valence-corrected chi connectivity index (χ4v) is 3.21. The monoisotopic (exact) mass is 343 g/mol. The molecule has 1 fully saturated rings. The highest BCUT2D eigenvalue weighted by Crippen LogP contribution is 2.26. The summed E-state index contributed by atoms with van der Waals surface area (Å²) in [5.74, 6) is -0.766. The third-order valence-corrected chi connectivity index (χ3v) is 4.43. The van der Waals surface area contributed by atoms with Crippen molar-refractivity contribution in [3.63, 3.8) is 0 Å². The van der Waals surface area contributed by atoms with Crippen molar-refractivity contribution >= 4 is 22.9 Å². The van der Waals surface area contributed by atoms with E-state index in [0.717, 1.165) is 35.9 Å². The van der Waals surface area contributed by atoms with E-state index in [1.165, 1.54) is 6.08 Å². The Morgan fingerprint density at radius 2 is 2.08 bits per heavy atom. The van der Waals surface area contributed by atoms with Crippen LogP contribution in [0.3, 0.4) is 0 Å². The molecular formula is C20H25NO4. The van der Waals surface area contributed by atoms with E-state index in [2.05, 4.69) is 22.9 Å². The van der Waals surface area contributed by atoms with Gasteiger partial charge >= 0.3 is 5.97 Å². The highest BCUT2D eigenvalue weighted by Gasteiger charge is 2.30. The molecule has 0 radical (unpaired) electrons. The molecule has 0 atom stereocenters. The molecule has 3 rings (SSSR count). The molecule has 25 heavy (non-hydrogen) atoms. The lowest BCUT2D eigenvalue weighted by atomic mass is 10.1. The average Bonchev–Trinajstić information content (AvgIpc) is 3.18. The Kier molecular flexibility index (Phi) is 5.56. The molecule has 0 aliphatic carbocycles. The van der Waals surface area contributed by atoms with E-state index in [-0.39, 0.29) is 5.97 Å². The van der Waals surface area contributed by atoms with Crippen LogP contribution in [0.25, 0.3) is 17.0 Å². The molecule has 2 heterocycles. The minimum absolute atomic E-state index is 0.317. The Hall–Kier alpha value is -2.11. The normalized spacial score (nSPS) is 16.7. The molecular weight excluding hydrogens is 318 g/mol. The first-order valence-electron chi connectivity index (χ1n) is 8.82. The third kappa shape index (κ3) is 4.30. The van der Waals surface area contributed by atoms with Gasteiger partial charge in [0, 0.05) is 41.7 Å². The number of aromatic nitrogens is 1. The summed E-state index contributed by atoms with van der Waals surface area (Å²) in [5.41, 5.74) is 2.17. The molecule has 5 heteroatoms. The Labute approximate surface area is 148 Å². The first-order chi connectivity index (χ1) is 12.1. The van der Waals surface area contributed by atoms with Crippen LogP contribution in [0.5, 0.6) is 0 Å². The van der Waals surface area contributed by atoms with Crippen molar-refractivity contribution in [1.29, 1.82) is 0 Å². The third-order valence-electron chi connectivity index (χ3n) is 4.43. The highest BCUT2D eigenvalue weighted by molar-refractivity contribution is 5.94. The number of ether oxygens (including phenoxy) is 3.